The third kappa shape index (κ3) is 3.09. The van der Waals surface area contributed by atoms with E-state index < -0.39 is 6.04 Å². The highest BCUT2D eigenvalue weighted by atomic mass is 35.5. The van der Waals surface area contributed by atoms with Crippen molar-refractivity contribution >= 4 is 39.0 Å². The number of halogens is 2. The van der Waals surface area contributed by atoms with E-state index >= 15 is 0 Å². The molecule has 1 unspecified atom stereocenters. The molecule has 0 saturated heterocycles. The fraction of sp³-hybridized carbons (Fsp3) is 0.125. The largest absolute Gasteiger partial charge is 1.00 e. The molecule has 1 atom stereocenters. The molecule has 1 aromatic carbocycles. The lowest BCUT2D eigenvalue weighted by Gasteiger charge is -2.12. The lowest BCUT2D eigenvalue weighted by atomic mass is 10.1. The first kappa shape index (κ1) is 16.7. The van der Waals surface area contributed by atoms with E-state index in [9.17, 15) is 4.79 Å². The van der Waals surface area contributed by atoms with Crippen LogP contribution in [-0.2, 0) is 9.53 Å². The molecule has 0 spiro atoms. The maximum absolute atomic E-state index is 12.2. The van der Waals surface area contributed by atoms with Gasteiger partial charge >= 0.3 is 5.97 Å². The lowest BCUT2D eigenvalue weighted by Crippen LogP contribution is -3.00. The van der Waals surface area contributed by atoms with Crippen molar-refractivity contribution in [3.8, 4) is 0 Å². The second-order valence-corrected chi connectivity index (χ2v) is 5.93. The Kier molecular flexibility index (Phi) is 5.40. The third-order valence-electron chi connectivity index (χ3n) is 3.34. The van der Waals surface area contributed by atoms with E-state index in [-0.39, 0.29) is 18.4 Å². The second-order valence-electron chi connectivity index (χ2n) is 4.58. The number of carbonyl (C=O) groups excluding carboxylic acids is 1. The zero-order chi connectivity index (χ0) is 14.8. The summed E-state index contributed by atoms with van der Waals surface area (Å²) in [5.74, 6) is -0.345. The Balaban J connectivity index is 0.00000176. The van der Waals surface area contributed by atoms with E-state index in [1.165, 1.54) is 11.8 Å². The van der Waals surface area contributed by atoms with Crippen LogP contribution >= 0.6 is 22.9 Å². The van der Waals surface area contributed by atoms with Gasteiger partial charge in [0, 0.05) is 10.8 Å². The van der Waals surface area contributed by atoms with Crippen molar-refractivity contribution in [1.29, 1.82) is 0 Å². The minimum absolute atomic E-state index is 0. The molecular formula is C16H13Cl2NO2S. The van der Waals surface area contributed by atoms with Crippen LogP contribution in [0.5, 0.6) is 0 Å². The molecule has 0 aliphatic heterocycles. The van der Waals surface area contributed by atoms with Crippen LogP contribution in [0.4, 0.5) is 0 Å². The Hall–Kier alpha value is -1.62. The average Bonchev–Trinajstić information content (AvgIpc) is 2.97. The number of hydrogen-bond donors (Lipinski definition) is 0. The standard InChI is InChI=1S/C16H13ClNO2S.ClH/c1-20-16(19)15(12-4-2-3-5-13(12)17)18-8-6-14-11(10-18)7-9-21-14;/h2-10,15H,1H3;1H/q+1;/p-1. The predicted octanol–water partition coefficient (Wildman–Crippen LogP) is 0.609. The summed E-state index contributed by atoms with van der Waals surface area (Å²) in [6, 6.07) is 10.7. The van der Waals surface area contributed by atoms with Crippen LogP contribution < -0.4 is 17.0 Å². The molecule has 0 radical (unpaired) electrons. The third-order valence-corrected chi connectivity index (χ3v) is 4.58. The number of fused-ring (bicyclic) bond motifs is 1. The minimum atomic E-state index is -0.590. The Labute approximate surface area is 143 Å². The van der Waals surface area contributed by atoms with Crippen LogP contribution in [0, 0.1) is 0 Å². The van der Waals surface area contributed by atoms with Crippen LogP contribution in [0.15, 0.2) is 54.2 Å². The highest BCUT2D eigenvalue weighted by Crippen LogP contribution is 2.25. The van der Waals surface area contributed by atoms with Crippen molar-refractivity contribution in [1.82, 2.24) is 0 Å². The number of benzene rings is 1. The van der Waals surface area contributed by atoms with Gasteiger partial charge in [-0.15, -0.1) is 11.3 Å². The molecule has 0 bridgehead atoms. The number of nitrogens with zero attached hydrogens (tertiary/aromatic N) is 1. The van der Waals surface area contributed by atoms with Gasteiger partial charge in [0.25, 0.3) is 6.04 Å². The summed E-state index contributed by atoms with van der Waals surface area (Å²) in [4.78, 5) is 12.2. The molecule has 0 amide bonds. The van der Waals surface area contributed by atoms with Gasteiger partial charge in [0.05, 0.1) is 23.1 Å². The molecule has 6 heteroatoms. The summed E-state index contributed by atoms with van der Waals surface area (Å²) in [7, 11) is 1.38. The summed E-state index contributed by atoms with van der Waals surface area (Å²) in [5.41, 5.74) is 0.727. The maximum Gasteiger partial charge on any atom is 0.380 e. The highest BCUT2D eigenvalue weighted by molar-refractivity contribution is 7.17. The Morgan fingerprint density at radius 2 is 2.05 bits per heavy atom. The quantitative estimate of drug-likeness (QED) is 0.510. The smallest absolute Gasteiger partial charge is 0.380 e. The topological polar surface area (TPSA) is 30.2 Å². The Morgan fingerprint density at radius 3 is 2.77 bits per heavy atom. The van der Waals surface area contributed by atoms with Gasteiger partial charge in [-0.1, -0.05) is 29.8 Å². The minimum Gasteiger partial charge on any atom is -1.00 e. The summed E-state index contributed by atoms with van der Waals surface area (Å²) in [5, 5.41) is 3.66. The van der Waals surface area contributed by atoms with Crippen molar-refractivity contribution < 1.29 is 26.5 Å². The number of methoxy groups -OCH3 is 1. The summed E-state index contributed by atoms with van der Waals surface area (Å²) < 4.78 is 7.96. The summed E-state index contributed by atoms with van der Waals surface area (Å²) in [6.45, 7) is 0. The lowest BCUT2D eigenvalue weighted by molar-refractivity contribution is -0.700. The maximum atomic E-state index is 12.2. The first-order valence-corrected chi connectivity index (χ1v) is 7.66. The number of esters is 1. The fourth-order valence-electron chi connectivity index (χ4n) is 2.31. The van der Waals surface area contributed by atoms with Crippen LogP contribution in [0.25, 0.3) is 10.1 Å². The van der Waals surface area contributed by atoms with Gasteiger partial charge in [0.1, 0.15) is 0 Å². The first-order valence-electron chi connectivity index (χ1n) is 6.41. The van der Waals surface area contributed by atoms with Gasteiger partial charge in [-0.25, -0.2) is 4.79 Å². The fourth-order valence-corrected chi connectivity index (χ4v) is 3.31. The molecule has 3 rings (SSSR count). The van der Waals surface area contributed by atoms with Crippen molar-refractivity contribution in [2.24, 2.45) is 0 Å². The van der Waals surface area contributed by atoms with E-state index in [4.69, 9.17) is 16.3 Å². The van der Waals surface area contributed by atoms with E-state index in [1.807, 2.05) is 52.7 Å². The van der Waals surface area contributed by atoms with Gasteiger partial charge in [-0.2, -0.15) is 4.57 Å². The van der Waals surface area contributed by atoms with Crippen molar-refractivity contribution in [2.75, 3.05) is 7.11 Å². The SMILES string of the molecule is COC(=O)C(c1ccccc1Cl)[n+]1ccc2sccc2c1.[Cl-]. The van der Waals surface area contributed by atoms with Crippen molar-refractivity contribution in [2.45, 2.75) is 6.04 Å². The molecule has 0 aliphatic rings. The van der Waals surface area contributed by atoms with Crippen LogP contribution in [0.3, 0.4) is 0 Å². The molecule has 0 aliphatic carbocycles. The zero-order valence-corrected chi connectivity index (χ0v) is 14.0. The number of ether oxygens (including phenoxy) is 1. The van der Waals surface area contributed by atoms with Crippen LogP contribution in [0.2, 0.25) is 5.02 Å². The van der Waals surface area contributed by atoms with Crippen LogP contribution in [-0.4, -0.2) is 13.1 Å². The van der Waals surface area contributed by atoms with Gasteiger partial charge in [-0.3, -0.25) is 0 Å². The van der Waals surface area contributed by atoms with Gasteiger partial charge < -0.3 is 17.1 Å². The average molecular weight is 354 g/mol. The molecule has 2 heterocycles. The number of aromatic nitrogens is 1. The van der Waals surface area contributed by atoms with Crippen LogP contribution in [0.1, 0.15) is 11.6 Å². The summed E-state index contributed by atoms with van der Waals surface area (Å²) in [6.07, 6.45) is 3.82. The van der Waals surface area contributed by atoms with Crippen molar-refractivity contribution in [3.05, 3.63) is 64.8 Å². The highest BCUT2D eigenvalue weighted by Gasteiger charge is 2.32. The molecule has 3 nitrogen and oxygen atoms in total. The van der Waals surface area contributed by atoms with Gasteiger partial charge in [-0.05, 0) is 17.5 Å². The second kappa shape index (κ2) is 7.09. The number of pyridine rings is 1. The molecule has 114 valence electrons. The normalized spacial score (nSPS) is 11.7. The number of carbonyl (C=O) groups is 1. The zero-order valence-electron chi connectivity index (χ0n) is 11.7. The molecule has 22 heavy (non-hydrogen) atoms. The van der Waals surface area contributed by atoms with Gasteiger partial charge in [0.15, 0.2) is 12.4 Å². The van der Waals surface area contributed by atoms with E-state index in [1.54, 1.807) is 17.4 Å². The number of rotatable bonds is 3. The number of hydrogen-bond acceptors (Lipinski definition) is 3. The molecule has 0 fully saturated rings. The molecule has 0 saturated carbocycles. The Morgan fingerprint density at radius 1 is 1.27 bits per heavy atom. The molecule has 0 N–H and O–H groups in total. The molecule has 2 aromatic heterocycles. The molecule has 3 aromatic rings. The Bertz CT molecular complexity index is 803. The number of thiophene rings is 1. The van der Waals surface area contributed by atoms with Crippen molar-refractivity contribution in [3.63, 3.8) is 0 Å². The van der Waals surface area contributed by atoms with Gasteiger partial charge in [0.2, 0.25) is 0 Å². The monoisotopic (exact) mass is 353 g/mol. The van der Waals surface area contributed by atoms with E-state index in [0.29, 0.717) is 5.02 Å². The first-order chi connectivity index (χ1) is 10.2. The van der Waals surface area contributed by atoms with E-state index in [2.05, 4.69) is 0 Å². The predicted molar refractivity (Wildman–Crippen MR) is 83.6 cm³/mol. The molecular weight excluding hydrogens is 341 g/mol. The van der Waals surface area contributed by atoms with E-state index in [0.717, 1.165) is 10.9 Å². The summed E-state index contributed by atoms with van der Waals surface area (Å²) >= 11 is 7.91.